The van der Waals surface area contributed by atoms with Crippen molar-refractivity contribution in [2.24, 2.45) is 0 Å². The minimum Gasteiger partial charge on any atom is -0.444 e. The second kappa shape index (κ2) is 6.61. The van der Waals surface area contributed by atoms with Crippen molar-refractivity contribution in [2.45, 2.75) is 71.8 Å². The van der Waals surface area contributed by atoms with Gasteiger partial charge in [-0.1, -0.05) is 6.07 Å². The average Bonchev–Trinajstić information content (AvgIpc) is 2.64. The average molecular weight is 351 g/mol. The second-order valence-corrected chi connectivity index (χ2v) is 8.29. The fourth-order valence-electron chi connectivity index (χ4n) is 2.40. The van der Waals surface area contributed by atoms with Crippen molar-refractivity contribution < 1.29 is 23.2 Å². The largest absolute Gasteiger partial charge is 0.495 e. The fraction of sp³-hybridized carbons (Fsp3) is 0.611. The van der Waals surface area contributed by atoms with Gasteiger partial charge in [0, 0.05) is 6.54 Å². The first kappa shape index (κ1) is 19.7. The third-order valence-electron chi connectivity index (χ3n) is 4.44. The molecule has 1 aliphatic rings. The lowest BCUT2D eigenvalue weighted by Crippen LogP contribution is -2.41. The van der Waals surface area contributed by atoms with E-state index >= 15 is 0 Å². The summed E-state index contributed by atoms with van der Waals surface area (Å²) in [5, 5.41) is 2.69. The number of rotatable bonds is 3. The molecule has 2 rings (SSSR count). The highest BCUT2D eigenvalue weighted by atomic mass is 19.1. The lowest BCUT2D eigenvalue weighted by atomic mass is 9.76. The molecule has 0 unspecified atom stereocenters. The van der Waals surface area contributed by atoms with Crippen molar-refractivity contribution in [3.05, 3.63) is 29.6 Å². The molecule has 1 amide bonds. The van der Waals surface area contributed by atoms with Crippen molar-refractivity contribution in [3.8, 4) is 0 Å². The third-order valence-corrected chi connectivity index (χ3v) is 4.44. The van der Waals surface area contributed by atoms with Gasteiger partial charge in [-0.25, -0.2) is 9.18 Å². The third kappa shape index (κ3) is 4.73. The van der Waals surface area contributed by atoms with E-state index in [-0.39, 0.29) is 12.4 Å². The summed E-state index contributed by atoms with van der Waals surface area (Å²) in [7, 11) is -0.698. The number of hydrogen-bond donors (Lipinski definition) is 1. The Morgan fingerprint density at radius 1 is 1.20 bits per heavy atom. The zero-order valence-corrected chi connectivity index (χ0v) is 16.0. The molecular formula is C18H27BFNO4. The van der Waals surface area contributed by atoms with Crippen LogP contribution in [0.4, 0.5) is 9.18 Å². The van der Waals surface area contributed by atoms with E-state index < -0.39 is 30.0 Å². The van der Waals surface area contributed by atoms with Crippen LogP contribution in [0.3, 0.4) is 0 Å². The van der Waals surface area contributed by atoms with E-state index in [1.165, 1.54) is 12.1 Å². The Morgan fingerprint density at radius 3 is 2.28 bits per heavy atom. The summed E-state index contributed by atoms with van der Waals surface area (Å²) in [4.78, 5) is 11.9. The zero-order valence-electron chi connectivity index (χ0n) is 16.0. The van der Waals surface area contributed by atoms with Gasteiger partial charge in [0.2, 0.25) is 0 Å². The highest BCUT2D eigenvalue weighted by Crippen LogP contribution is 2.36. The molecule has 138 valence electrons. The monoisotopic (exact) mass is 351 g/mol. The summed E-state index contributed by atoms with van der Waals surface area (Å²) in [5.74, 6) is -0.384. The van der Waals surface area contributed by atoms with E-state index in [4.69, 9.17) is 14.0 Å². The van der Waals surface area contributed by atoms with E-state index in [1.54, 1.807) is 26.8 Å². The molecule has 25 heavy (non-hydrogen) atoms. The summed E-state index contributed by atoms with van der Waals surface area (Å²) in [6.07, 6.45) is -0.531. The number of hydrogen-bond acceptors (Lipinski definition) is 4. The number of halogens is 1. The normalized spacial score (nSPS) is 19.0. The summed E-state index contributed by atoms with van der Waals surface area (Å²) in [6.45, 7) is 13.3. The Morgan fingerprint density at radius 2 is 1.76 bits per heavy atom. The number of carbonyl (C=O) groups is 1. The molecule has 0 aromatic heterocycles. The van der Waals surface area contributed by atoms with Crippen molar-refractivity contribution in [3.63, 3.8) is 0 Å². The molecule has 0 spiro atoms. The van der Waals surface area contributed by atoms with Crippen LogP contribution in [0.5, 0.6) is 0 Å². The maximum atomic E-state index is 13.8. The van der Waals surface area contributed by atoms with E-state index in [9.17, 15) is 9.18 Å². The standard InChI is InChI=1S/C18H27BFNO4/c1-16(2,3)23-15(22)21-11-12-8-9-13(20)10-14(12)19-24-17(4,5)18(6,7)25-19/h8-10H,11H2,1-7H3,(H,21,22). The predicted molar refractivity (Wildman–Crippen MR) is 95.2 cm³/mol. The van der Waals surface area contributed by atoms with Gasteiger partial charge < -0.3 is 19.4 Å². The maximum absolute atomic E-state index is 13.8. The molecule has 0 saturated carbocycles. The molecule has 0 aliphatic carbocycles. The van der Waals surface area contributed by atoms with Crippen LogP contribution in [0.25, 0.3) is 0 Å². The van der Waals surface area contributed by atoms with E-state index in [2.05, 4.69) is 5.32 Å². The molecule has 0 radical (unpaired) electrons. The molecule has 1 aromatic carbocycles. The van der Waals surface area contributed by atoms with Crippen LogP contribution in [0.1, 0.15) is 54.0 Å². The first-order valence-corrected chi connectivity index (χ1v) is 8.41. The molecule has 1 aromatic rings. The molecule has 1 saturated heterocycles. The molecule has 1 heterocycles. The number of benzene rings is 1. The van der Waals surface area contributed by atoms with Crippen molar-refractivity contribution in [1.82, 2.24) is 5.32 Å². The minimum atomic E-state index is -0.698. The Bertz CT molecular complexity index is 639. The van der Waals surface area contributed by atoms with Gasteiger partial charge in [-0.2, -0.15) is 0 Å². The van der Waals surface area contributed by atoms with Crippen LogP contribution in [-0.2, 0) is 20.6 Å². The summed E-state index contributed by atoms with van der Waals surface area (Å²) < 4.78 is 31.0. The zero-order chi connectivity index (χ0) is 19.0. The van der Waals surface area contributed by atoms with Gasteiger partial charge in [0.25, 0.3) is 0 Å². The SMILES string of the molecule is CC(C)(C)OC(=O)NCc1ccc(F)cc1B1OC(C)(C)C(C)(C)O1. The number of carbonyl (C=O) groups excluding carboxylic acids is 1. The van der Waals surface area contributed by atoms with E-state index in [1.807, 2.05) is 27.7 Å². The Labute approximate surface area is 149 Å². The lowest BCUT2D eigenvalue weighted by molar-refractivity contribution is 0.00578. The van der Waals surface area contributed by atoms with Crippen molar-refractivity contribution in [1.29, 1.82) is 0 Å². The molecule has 1 N–H and O–H groups in total. The van der Waals surface area contributed by atoms with Crippen LogP contribution < -0.4 is 10.8 Å². The van der Waals surface area contributed by atoms with Crippen LogP contribution in [0, 0.1) is 5.82 Å². The smallest absolute Gasteiger partial charge is 0.444 e. The van der Waals surface area contributed by atoms with Crippen LogP contribution in [0.15, 0.2) is 18.2 Å². The van der Waals surface area contributed by atoms with E-state index in [0.29, 0.717) is 11.0 Å². The van der Waals surface area contributed by atoms with Gasteiger partial charge >= 0.3 is 13.2 Å². The summed E-state index contributed by atoms with van der Waals surface area (Å²) in [6, 6.07) is 4.35. The van der Waals surface area contributed by atoms with Crippen molar-refractivity contribution >= 4 is 18.7 Å². The molecule has 0 bridgehead atoms. The second-order valence-electron chi connectivity index (χ2n) is 8.29. The van der Waals surface area contributed by atoms with Gasteiger partial charge in [-0.3, -0.25) is 0 Å². The predicted octanol–water partition coefficient (Wildman–Crippen LogP) is 3.15. The maximum Gasteiger partial charge on any atom is 0.495 e. The summed E-state index contributed by atoms with van der Waals surface area (Å²) in [5.41, 5.74) is -0.360. The van der Waals surface area contributed by atoms with Crippen molar-refractivity contribution in [2.75, 3.05) is 0 Å². The topological polar surface area (TPSA) is 56.8 Å². The molecule has 5 nitrogen and oxygen atoms in total. The van der Waals surface area contributed by atoms with E-state index in [0.717, 1.165) is 0 Å². The highest BCUT2D eigenvalue weighted by molar-refractivity contribution is 6.62. The molecule has 7 heteroatoms. The summed E-state index contributed by atoms with van der Waals surface area (Å²) >= 11 is 0. The number of amides is 1. The first-order chi connectivity index (χ1) is 11.3. The Hall–Kier alpha value is -1.60. The highest BCUT2D eigenvalue weighted by Gasteiger charge is 2.52. The lowest BCUT2D eigenvalue weighted by Gasteiger charge is -2.32. The van der Waals surface area contributed by atoms with Gasteiger partial charge in [0.05, 0.1) is 11.2 Å². The number of nitrogens with one attached hydrogen (secondary N) is 1. The van der Waals surface area contributed by atoms with Gasteiger partial charge in [-0.15, -0.1) is 0 Å². The molecule has 0 atom stereocenters. The molecule has 1 fully saturated rings. The quantitative estimate of drug-likeness (QED) is 0.850. The number of alkyl carbamates (subject to hydrolysis) is 1. The Kier molecular flexibility index (Phi) is 5.22. The minimum absolute atomic E-state index is 0.189. The van der Waals surface area contributed by atoms with Gasteiger partial charge in [-0.05, 0) is 71.6 Å². The first-order valence-electron chi connectivity index (χ1n) is 8.41. The van der Waals surface area contributed by atoms with Crippen LogP contribution >= 0.6 is 0 Å². The van der Waals surface area contributed by atoms with Gasteiger partial charge in [0.15, 0.2) is 0 Å². The van der Waals surface area contributed by atoms with Gasteiger partial charge in [0.1, 0.15) is 11.4 Å². The number of ether oxygens (including phenoxy) is 1. The van der Waals surface area contributed by atoms with Crippen LogP contribution in [0.2, 0.25) is 0 Å². The Balaban J connectivity index is 2.17. The molecule has 1 aliphatic heterocycles. The fourth-order valence-corrected chi connectivity index (χ4v) is 2.40. The molecular weight excluding hydrogens is 324 g/mol. The van der Waals surface area contributed by atoms with Crippen LogP contribution in [-0.4, -0.2) is 30.0 Å².